The predicted molar refractivity (Wildman–Crippen MR) is 74.5 cm³/mol. The van der Waals surface area contributed by atoms with Crippen LogP contribution >= 0.6 is 15.9 Å². The van der Waals surface area contributed by atoms with Crippen LogP contribution in [0.15, 0.2) is 33.6 Å². The van der Waals surface area contributed by atoms with Crippen LogP contribution in [-0.4, -0.2) is 26.2 Å². The lowest BCUT2D eigenvalue weighted by Gasteiger charge is -2.25. The lowest BCUT2D eigenvalue weighted by molar-refractivity contribution is -0.143. The van der Waals surface area contributed by atoms with Gasteiger partial charge in [-0.2, -0.15) is 0 Å². The SMILES string of the molecule is COC(=O)C1(S(=O)(=O)c2ccc(Br)cc2)CCCC1. The Morgan fingerprint density at radius 2 is 1.74 bits per heavy atom. The highest BCUT2D eigenvalue weighted by Gasteiger charge is 2.53. The van der Waals surface area contributed by atoms with Gasteiger partial charge in [0.25, 0.3) is 0 Å². The second-order valence-corrected chi connectivity index (χ2v) is 7.83. The summed E-state index contributed by atoms with van der Waals surface area (Å²) in [7, 11) is -2.49. The van der Waals surface area contributed by atoms with E-state index in [0.29, 0.717) is 12.8 Å². The number of esters is 1. The Kier molecular flexibility index (Phi) is 4.01. The van der Waals surface area contributed by atoms with E-state index in [4.69, 9.17) is 4.74 Å². The summed E-state index contributed by atoms with van der Waals surface area (Å²) in [6.07, 6.45) is 2.12. The number of hydrogen-bond acceptors (Lipinski definition) is 4. The van der Waals surface area contributed by atoms with Crippen molar-refractivity contribution >= 4 is 31.7 Å². The molecule has 1 saturated carbocycles. The molecule has 0 heterocycles. The third-order valence-corrected chi connectivity index (χ3v) is 6.63. The van der Waals surface area contributed by atoms with Gasteiger partial charge in [-0.1, -0.05) is 28.8 Å². The van der Waals surface area contributed by atoms with Gasteiger partial charge in [-0.25, -0.2) is 8.42 Å². The van der Waals surface area contributed by atoms with Crippen LogP contribution in [0.3, 0.4) is 0 Å². The first kappa shape index (κ1) is 14.5. The zero-order valence-electron chi connectivity index (χ0n) is 10.6. The first-order valence-electron chi connectivity index (χ1n) is 6.03. The van der Waals surface area contributed by atoms with Crippen molar-refractivity contribution in [1.29, 1.82) is 0 Å². The van der Waals surface area contributed by atoms with Gasteiger partial charge in [-0.3, -0.25) is 4.79 Å². The predicted octanol–water partition coefficient (Wildman–Crippen LogP) is 2.71. The minimum Gasteiger partial charge on any atom is -0.468 e. The van der Waals surface area contributed by atoms with Gasteiger partial charge in [0.2, 0.25) is 0 Å². The highest BCUT2D eigenvalue weighted by Crippen LogP contribution is 2.41. The Morgan fingerprint density at radius 1 is 1.21 bits per heavy atom. The van der Waals surface area contributed by atoms with Crippen LogP contribution in [0.5, 0.6) is 0 Å². The van der Waals surface area contributed by atoms with Crippen molar-refractivity contribution in [3.05, 3.63) is 28.7 Å². The summed E-state index contributed by atoms with van der Waals surface area (Å²) in [5.41, 5.74) is 0. The van der Waals surface area contributed by atoms with Crippen LogP contribution in [-0.2, 0) is 19.4 Å². The Bertz CT molecular complexity index is 571. The number of benzene rings is 1. The number of methoxy groups -OCH3 is 1. The summed E-state index contributed by atoms with van der Waals surface area (Å²) < 4.78 is 29.6. The van der Waals surface area contributed by atoms with E-state index >= 15 is 0 Å². The molecule has 1 aliphatic carbocycles. The maximum atomic E-state index is 12.8. The molecule has 0 aromatic heterocycles. The molecule has 0 spiro atoms. The molecule has 0 unspecified atom stereocenters. The van der Waals surface area contributed by atoms with Crippen molar-refractivity contribution in [3.8, 4) is 0 Å². The lowest BCUT2D eigenvalue weighted by Crippen LogP contribution is -2.44. The highest BCUT2D eigenvalue weighted by atomic mass is 79.9. The van der Waals surface area contributed by atoms with E-state index in [1.165, 1.54) is 19.2 Å². The van der Waals surface area contributed by atoms with Crippen molar-refractivity contribution < 1.29 is 17.9 Å². The van der Waals surface area contributed by atoms with E-state index in [1.807, 2.05) is 0 Å². The molecule has 0 radical (unpaired) electrons. The maximum Gasteiger partial charge on any atom is 0.327 e. The molecule has 1 fully saturated rings. The smallest absolute Gasteiger partial charge is 0.327 e. The molecule has 1 aromatic carbocycles. The largest absolute Gasteiger partial charge is 0.468 e. The number of rotatable bonds is 3. The summed E-state index contributed by atoms with van der Waals surface area (Å²) in [6.45, 7) is 0. The molecule has 4 nitrogen and oxygen atoms in total. The third-order valence-electron chi connectivity index (χ3n) is 3.61. The Hall–Kier alpha value is -0.880. The molecule has 0 atom stereocenters. The topological polar surface area (TPSA) is 60.4 Å². The van der Waals surface area contributed by atoms with E-state index in [9.17, 15) is 13.2 Å². The molecule has 1 aliphatic rings. The molecular formula is C13H15BrO4S. The van der Waals surface area contributed by atoms with Gasteiger partial charge in [-0.05, 0) is 37.1 Å². The second kappa shape index (κ2) is 5.25. The minimum atomic E-state index is -3.72. The fourth-order valence-corrected chi connectivity index (χ4v) is 4.89. The first-order valence-corrected chi connectivity index (χ1v) is 8.30. The number of hydrogen-bond donors (Lipinski definition) is 0. The van der Waals surface area contributed by atoms with Gasteiger partial charge in [0, 0.05) is 4.47 Å². The normalized spacial score (nSPS) is 18.2. The molecule has 19 heavy (non-hydrogen) atoms. The molecule has 2 rings (SSSR count). The molecular weight excluding hydrogens is 332 g/mol. The number of halogens is 1. The van der Waals surface area contributed by atoms with Crippen LogP contribution in [0.25, 0.3) is 0 Å². The number of sulfone groups is 1. The number of ether oxygens (including phenoxy) is 1. The van der Waals surface area contributed by atoms with Crippen LogP contribution in [0.1, 0.15) is 25.7 Å². The second-order valence-electron chi connectivity index (χ2n) is 4.65. The lowest BCUT2D eigenvalue weighted by atomic mass is 10.1. The van der Waals surface area contributed by atoms with Crippen molar-refractivity contribution in [2.24, 2.45) is 0 Å². The molecule has 6 heteroatoms. The fraction of sp³-hybridized carbons (Fsp3) is 0.462. The van der Waals surface area contributed by atoms with Gasteiger partial charge in [0.05, 0.1) is 12.0 Å². The summed E-state index contributed by atoms with van der Waals surface area (Å²) in [6, 6.07) is 6.35. The average Bonchev–Trinajstić information content (AvgIpc) is 2.89. The summed E-state index contributed by atoms with van der Waals surface area (Å²) in [5.74, 6) is -0.645. The summed E-state index contributed by atoms with van der Waals surface area (Å²) >= 11 is 3.27. The number of carbonyl (C=O) groups excluding carboxylic acids is 1. The molecule has 0 amide bonds. The molecule has 0 saturated heterocycles. The maximum absolute atomic E-state index is 12.8. The monoisotopic (exact) mass is 346 g/mol. The fourth-order valence-electron chi connectivity index (χ4n) is 2.55. The van der Waals surface area contributed by atoms with E-state index in [2.05, 4.69) is 15.9 Å². The third kappa shape index (κ3) is 2.31. The van der Waals surface area contributed by atoms with Crippen molar-refractivity contribution in [3.63, 3.8) is 0 Å². The van der Waals surface area contributed by atoms with Crippen LogP contribution < -0.4 is 0 Å². The van der Waals surface area contributed by atoms with E-state index in [0.717, 1.165) is 17.3 Å². The minimum absolute atomic E-state index is 0.169. The van der Waals surface area contributed by atoms with Crippen LogP contribution in [0, 0.1) is 0 Å². The first-order chi connectivity index (χ1) is 8.94. The molecule has 104 valence electrons. The van der Waals surface area contributed by atoms with Gasteiger partial charge < -0.3 is 4.74 Å². The molecule has 0 aliphatic heterocycles. The molecule has 0 N–H and O–H groups in total. The van der Waals surface area contributed by atoms with Gasteiger partial charge >= 0.3 is 5.97 Å². The van der Waals surface area contributed by atoms with Crippen molar-refractivity contribution in [1.82, 2.24) is 0 Å². The van der Waals surface area contributed by atoms with Crippen molar-refractivity contribution in [2.75, 3.05) is 7.11 Å². The van der Waals surface area contributed by atoms with Crippen LogP contribution in [0.2, 0.25) is 0 Å². The van der Waals surface area contributed by atoms with Crippen molar-refractivity contribution in [2.45, 2.75) is 35.3 Å². The summed E-state index contributed by atoms with van der Waals surface area (Å²) in [4.78, 5) is 12.2. The zero-order valence-corrected chi connectivity index (χ0v) is 13.0. The Morgan fingerprint density at radius 3 is 2.21 bits per heavy atom. The van der Waals surface area contributed by atoms with Gasteiger partial charge in [-0.15, -0.1) is 0 Å². The standard InChI is InChI=1S/C13H15BrO4S/c1-18-12(15)13(8-2-3-9-13)19(16,17)11-6-4-10(14)5-7-11/h4-7H,2-3,8-9H2,1H3. The summed E-state index contributed by atoms with van der Waals surface area (Å²) in [5, 5.41) is 0. The van der Waals surface area contributed by atoms with Gasteiger partial charge in [0.1, 0.15) is 0 Å². The quantitative estimate of drug-likeness (QED) is 0.789. The highest BCUT2D eigenvalue weighted by molar-refractivity contribution is 9.10. The molecule has 0 bridgehead atoms. The van der Waals surface area contributed by atoms with E-state index in [-0.39, 0.29) is 4.90 Å². The number of carbonyl (C=O) groups is 1. The Balaban J connectivity index is 2.52. The zero-order chi connectivity index (χ0) is 14.1. The van der Waals surface area contributed by atoms with Crippen LogP contribution in [0.4, 0.5) is 0 Å². The van der Waals surface area contributed by atoms with Gasteiger partial charge in [0.15, 0.2) is 14.6 Å². The Labute approximate surface area is 121 Å². The average molecular weight is 347 g/mol. The molecule has 1 aromatic rings. The van der Waals surface area contributed by atoms with E-state index in [1.54, 1.807) is 12.1 Å². The van der Waals surface area contributed by atoms with E-state index < -0.39 is 20.6 Å².